The number of nitrogens with one attached hydrogen (secondary N) is 1. The molecule has 0 saturated heterocycles. The van der Waals surface area contributed by atoms with Gasteiger partial charge in [-0.05, 0) is 72.0 Å². The van der Waals surface area contributed by atoms with Gasteiger partial charge in [0.25, 0.3) is 0 Å². The number of nitrogen functional groups attached to an aromatic ring is 1. The molecule has 168 valence electrons. The number of carbonyl (C=O) groups is 2. The Balaban J connectivity index is 0.000000257. The fourth-order valence-corrected chi connectivity index (χ4v) is 3.86. The molecule has 7 heteroatoms. The van der Waals surface area contributed by atoms with Crippen LogP contribution in [0.5, 0.6) is 0 Å². The van der Waals surface area contributed by atoms with E-state index in [9.17, 15) is 9.59 Å². The van der Waals surface area contributed by atoms with Crippen LogP contribution >= 0.6 is 11.6 Å². The average Bonchev–Trinajstić information content (AvgIpc) is 2.80. The number of hydrogen-bond donors (Lipinski definition) is 2. The summed E-state index contributed by atoms with van der Waals surface area (Å²) in [5, 5.41) is 11.6. The summed E-state index contributed by atoms with van der Waals surface area (Å²) in [6.07, 6.45) is 1.97. The Morgan fingerprint density at radius 2 is 1.82 bits per heavy atom. The zero-order valence-corrected chi connectivity index (χ0v) is 19.3. The second kappa shape index (κ2) is 10.7. The van der Waals surface area contributed by atoms with Crippen LogP contribution in [0.3, 0.4) is 0 Å². The summed E-state index contributed by atoms with van der Waals surface area (Å²) in [5.74, 6) is 0.0102. The van der Waals surface area contributed by atoms with E-state index in [1.54, 1.807) is 19.1 Å². The lowest BCUT2D eigenvalue weighted by Crippen LogP contribution is -2.33. The molecule has 1 heterocycles. The molecule has 0 radical (unpaired) electrons. The van der Waals surface area contributed by atoms with Gasteiger partial charge in [0.15, 0.2) is 0 Å². The van der Waals surface area contributed by atoms with E-state index in [-0.39, 0.29) is 11.8 Å². The molecule has 2 amide bonds. The lowest BCUT2D eigenvalue weighted by atomic mass is 9.96. The topological polar surface area (TPSA) is 99.2 Å². The van der Waals surface area contributed by atoms with E-state index >= 15 is 0 Å². The predicted octanol–water partition coefficient (Wildman–Crippen LogP) is 5.40. The van der Waals surface area contributed by atoms with Crippen molar-refractivity contribution in [1.82, 2.24) is 0 Å². The number of benzene rings is 3. The number of carbonyl (C=O) groups excluding carboxylic acids is 2. The van der Waals surface area contributed by atoms with E-state index in [2.05, 4.69) is 11.4 Å². The number of hydrogen-bond acceptors (Lipinski definition) is 4. The average molecular weight is 461 g/mol. The van der Waals surface area contributed by atoms with Gasteiger partial charge in [0.05, 0.1) is 22.3 Å². The van der Waals surface area contributed by atoms with Gasteiger partial charge in [-0.3, -0.25) is 9.59 Å². The Labute approximate surface area is 198 Å². The quantitative estimate of drug-likeness (QED) is 0.499. The number of halogens is 1. The van der Waals surface area contributed by atoms with Gasteiger partial charge in [-0.25, -0.2) is 0 Å². The van der Waals surface area contributed by atoms with Gasteiger partial charge in [-0.15, -0.1) is 0 Å². The third-order valence-electron chi connectivity index (χ3n) is 5.22. The summed E-state index contributed by atoms with van der Waals surface area (Å²) in [7, 11) is 0. The normalized spacial score (nSPS) is 12.0. The van der Waals surface area contributed by atoms with Crippen molar-refractivity contribution in [2.75, 3.05) is 22.5 Å². The largest absolute Gasteiger partial charge is 0.398 e. The van der Waals surface area contributed by atoms with Crippen molar-refractivity contribution in [3.8, 4) is 17.2 Å². The minimum atomic E-state index is -0.0790. The molecule has 0 aromatic heterocycles. The number of amides is 2. The minimum Gasteiger partial charge on any atom is -0.398 e. The summed E-state index contributed by atoms with van der Waals surface area (Å²) in [5.41, 5.74) is 11.6. The maximum absolute atomic E-state index is 11.7. The number of fused-ring (bicyclic) bond motifs is 1. The molecule has 3 aromatic rings. The first-order chi connectivity index (χ1) is 15.8. The smallest absolute Gasteiger partial charge is 0.223 e. The van der Waals surface area contributed by atoms with Crippen molar-refractivity contribution in [1.29, 1.82) is 5.26 Å². The first-order valence-corrected chi connectivity index (χ1v) is 10.9. The van der Waals surface area contributed by atoms with Crippen LogP contribution in [0, 0.1) is 11.3 Å². The highest BCUT2D eigenvalue weighted by Crippen LogP contribution is 2.32. The second-order valence-electron chi connectivity index (χ2n) is 7.73. The summed E-state index contributed by atoms with van der Waals surface area (Å²) in [4.78, 5) is 24.8. The number of nitrogens with two attached hydrogens (primary N) is 1. The number of anilines is 3. The molecule has 4 rings (SSSR count). The molecule has 0 aliphatic carbocycles. The molecule has 1 aliphatic heterocycles. The molecule has 0 bridgehead atoms. The van der Waals surface area contributed by atoms with E-state index < -0.39 is 0 Å². The predicted molar refractivity (Wildman–Crippen MR) is 133 cm³/mol. The van der Waals surface area contributed by atoms with E-state index in [1.807, 2.05) is 47.4 Å². The number of nitrogens with zero attached hydrogens (tertiary/aromatic N) is 2. The lowest BCUT2D eigenvalue weighted by molar-refractivity contribution is -0.116. The minimum absolute atomic E-state index is 0.0790. The van der Waals surface area contributed by atoms with Gasteiger partial charge in [0.2, 0.25) is 11.8 Å². The third-order valence-corrected chi connectivity index (χ3v) is 5.55. The van der Waals surface area contributed by atoms with Crippen LogP contribution in [0.4, 0.5) is 17.1 Å². The molecular weight excluding hydrogens is 436 g/mol. The van der Waals surface area contributed by atoms with Crippen molar-refractivity contribution in [2.45, 2.75) is 26.7 Å². The SMILES string of the molecule is CC(=O)Nc1cccc(-c2ccc3c(c2)CCCN3C(C)=O)c1.N#Cc1ccc(N)c(Cl)c1. The third kappa shape index (κ3) is 6.12. The van der Waals surface area contributed by atoms with Gasteiger partial charge >= 0.3 is 0 Å². The molecule has 0 saturated carbocycles. The van der Waals surface area contributed by atoms with Crippen LogP contribution in [-0.2, 0) is 16.0 Å². The molecule has 0 atom stereocenters. The Hall–Kier alpha value is -3.82. The Morgan fingerprint density at radius 3 is 2.48 bits per heavy atom. The number of nitriles is 1. The van der Waals surface area contributed by atoms with E-state index in [0.717, 1.165) is 41.9 Å². The summed E-state index contributed by atoms with van der Waals surface area (Å²) in [6.45, 7) is 3.90. The van der Waals surface area contributed by atoms with Crippen molar-refractivity contribution in [2.24, 2.45) is 0 Å². The first-order valence-electron chi connectivity index (χ1n) is 10.5. The number of aryl methyl sites for hydroxylation is 1. The Kier molecular flexibility index (Phi) is 7.70. The fraction of sp³-hybridized carbons (Fsp3) is 0.192. The summed E-state index contributed by atoms with van der Waals surface area (Å²) < 4.78 is 0. The Morgan fingerprint density at radius 1 is 1.06 bits per heavy atom. The molecule has 1 aliphatic rings. The molecule has 0 unspecified atom stereocenters. The monoisotopic (exact) mass is 460 g/mol. The van der Waals surface area contributed by atoms with Gasteiger partial charge in [0, 0.05) is 31.8 Å². The highest BCUT2D eigenvalue weighted by Gasteiger charge is 2.20. The van der Waals surface area contributed by atoms with Crippen LogP contribution in [0.25, 0.3) is 11.1 Å². The molecular formula is C26H25ClN4O2. The molecule has 3 N–H and O–H groups in total. The highest BCUT2D eigenvalue weighted by atomic mass is 35.5. The van der Waals surface area contributed by atoms with Crippen LogP contribution < -0.4 is 16.0 Å². The van der Waals surface area contributed by atoms with Crippen molar-refractivity contribution in [3.05, 3.63) is 76.8 Å². The molecule has 33 heavy (non-hydrogen) atoms. The van der Waals surface area contributed by atoms with Crippen molar-refractivity contribution >= 4 is 40.5 Å². The molecule has 6 nitrogen and oxygen atoms in total. The molecule has 3 aromatic carbocycles. The standard InChI is InChI=1S/C19H20N2O2.C7H5ClN2/c1-13(22)20-18-7-3-5-15(12-18)16-8-9-19-17(11-16)6-4-10-21(19)14(2)23;8-6-3-5(4-9)1-2-7(6)10/h3,5,7-9,11-12H,4,6,10H2,1-2H3,(H,20,22);1-3H,10H2. The van der Waals surface area contributed by atoms with Gasteiger partial charge in [-0.2, -0.15) is 5.26 Å². The van der Waals surface area contributed by atoms with Crippen LogP contribution in [-0.4, -0.2) is 18.4 Å². The van der Waals surface area contributed by atoms with Crippen LogP contribution in [0.1, 0.15) is 31.4 Å². The van der Waals surface area contributed by atoms with Crippen LogP contribution in [0.2, 0.25) is 5.02 Å². The fourth-order valence-electron chi connectivity index (χ4n) is 3.68. The molecule has 0 fully saturated rings. The first kappa shape index (κ1) is 23.8. The maximum atomic E-state index is 11.7. The summed E-state index contributed by atoms with van der Waals surface area (Å²) >= 11 is 5.62. The molecule has 0 spiro atoms. The maximum Gasteiger partial charge on any atom is 0.223 e. The van der Waals surface area contributed by atoms with Crippen LogP contribution in [0.15, 0.2) is 60.7 Å². The zero-order chi connectivity index (χ0) is 24.0. The zero-order valence-electron chi connectivity index (χ0n) is 18.6. The van der Waals surface area contributed by atoms with E-state index in [4.69, 9.17) is 22.6 Å². The van der Waals surface area contributed by atoms with Crippen molar-refractivity contribution in [3.63, 3.8) is 0 Å². The number of rotatable bonds is 2. The Bertz CT molecular complexity index is 1230. The van der Waals surface area contributed by atoms with Crippen molar-refractivity contribution < 1.29 is 9.59 Å². The van der Waals surface area contributed by atoms with Gasteiger partial charge in [-0.1, -0.05) is 29.8 Å². The van der Waals surface area contributed by atoms with Gasteiger partial charge in [0.1, 0.15) is 0 Å². The van der Waals surface area contributed by atoms with Gasteiger partial charge < -0.3 is 16.0 Å². The second-order valence-corrected chi connectivity index (χ2v) is 8.13. The lowest BCUT2D eigenvalue weighted by Gasteiger charge is -2.29. The summed E-state index contributed by atoms with van der Waals surface area (Å²) in [6, 6.07) is 20.7. The highest BCUT2D eigenvalue weighted by molar-refractivity contribution is 6.33. The van der Waals surface area contributed by atoms with E-state index in [0.29, 0.717) is 16.3 Å². The van der Waals surface area contributed by atoms with E-state index in [1.165, 1.54) is 18.6 Å².